The molecular formula is C12H15N3S. The van der Waals surface area contributed by atoms with Crippen LogP contribution in [0.2, 0.25) is 0 Å². The number of thiophene rings is 1. The highest BCUT2D eigenvalue weighted by molar-refractivity contribution is 7.11. The first-order valence-electron chi connectivity index (χ1n) is 5.21. The molecule has 0 atom stereocenters. The minimum absolute atomic E-state index is 0.737. The van der Waals surface area contributed by atoms with Gasteiger partial charge in [-0.1, -0.05) is 6.08 Å². The third-order valence-corrected chi connectivity index (χ3v) is 3.23. The molecule has 2 heterocycles. The average Bonchev–Trinajstić information content (AvgIpc) is 2.86. The van der Waals surface area contributed by atoms with Gasteiger partial charge in [-0.3, -0.25) is 0 Å². The van der Waals surface area contributed by atoms with Crippen molar-refractivity contribution in [2.24, 2.45) is 0 Å². The van der Waals surface area contributed by atoms with Crippen LogP contribution >= 0.6 is 11.3 Å². The maximum atomic E-state index is 4.27. The van der Waals surface area contributed by atoms with Gasteiger partial charge in [0, 0.05) is 28.7 Å². The molecule has 0 bridgehead atoms. The van der Waals surface area contributed by atoms with E-state index in [-0.39, 0.29) is 0 Å². The lowest BCUT2D eigenvalue weighted by Gasteiger charge is -2.06. The van der Waals surface area contributed by atoms with E-state index in [4.69, 9.17) is 0 Å². The Balaban J connectivity index is 2.09. The molecule has 1 N–H and O–H groups in total. The maximum absolute atomic E-state index is 4.27. The predicted octanol–water partition coefficient (Wildman–Crippen LogP) is 2.90. The zero-order valence-electron chi connectivity index (χ0n) is 9.31. The summed E-state index contributed by atoms with van der Waals surface area (Å²) in [4.78, 5) is 6.95. The summed E-state index contributed by atoms with van der Waals surface area (Å²) in [5, 5.41) is 3.21. The molecule has 3 nitrogen and oxygen atoms in total. The smallest absolute Gasteiger partial charge is 0.203 e. The summed E-state index contributed by atoms with van der Waals surface area (Å²) < 4.78 is 2.11. The molecule has 0 aliphatic heterocycles. The van der Waals surface area contributed by atoms with Gasteiger partial charge in [-0.25, -0.2) is 4.98 Å². The zero-order chi connectivity index (χ0) is 11.4. The molecule has 0 spiro atoms. The topological polar surface area (TPSA) is 29.9 Å². The Kier molecular flexibility index (Phi) is 3.41. The lowest BCUT2D eigenvalue weighted by Crippen LogP contribution is -2.07. The number of aryl methyl sites for hydroxylation is 1. The molecule has 0 amide bonds. The molecule has 0 aliphatic carbocycles. The van der Waals surface area contributed by atoms with Crippen LogP contribution in [0.5, 0.6) is 0 Å². The molecule has 0 unspecified atom stereocenters. The summed E-state index contributed by atoms with van der Waals surface area (Å²) in [7, 11) is 0. The Morgan fingerprint density at radius 1 is 1.56 bits per heavy atom. The van der Waals surface area contributed by atoms with E-state index in [2.05, 4.69) is 40.5 Å². The van der Waals surface area contributed by atoms with Crippen LogP contribution in [0.3, 0.4) is 0 Å². The minimum Gasteiger partial charge on any atom is -0.352 e. The number of nitrogens with zero attached hydrogens (tertiary/aromatic N) is 2. The number of hydrogen-bond acceptors (Lipinski definition) is 3. The second kappa shape index (κ2) is 4.99. The van der Waals surface area contributed by atoms with E-state index in [1.165, 1.54) is 9.75 Å². The molecule has 0 radical (unpaired) electrons. The highest BCUT2D eigenvalue weighted by Crippen LogP contribution is 2.17. The standard InChI is InChI=1S/C12H15N3S/c1-3-6-13-12-14-7-8-15(12)9-11-5-4-10(2)16-11/h3-5,7-8H,1,6,9H2,2H3,(H,13,14). The molecule has 0 fully saturated rings. The Bertz CT molecular complexity index is 470. The minimum atomic E-state index is 0.737. The highest BCUT2D eigenvalue weighted by Gasteiger charge is 2.03. The van der Waals surface area contributed by atoms with Crippen molar-refractivity contribution in [3.63, 3.8) is 0 Å². The van der Waals surface area contributed by atoms with Gasteiger partial charge in [0.2, 0.25) is 5.95 Å². The number of nitrogens with one attached hydrogen (secondary N) is 1. The van der Waals surface area contributed by atoms with Crippen molar-refractivity contribution in [2.45, 2.75) is 13.5 Å². The summed E-state index contributed by atoms with van der Waals surface area (Å²) in [6.45, 7) is 7.41. The van der Waals surface area contributed by atoms with Gasteiger partial charge in [-0.05, 0) is 19.1 Å². The van der Waals surface area contributed by atoms with E-state index in [9.17, 15) is 0 Å². The normalized spacial score (nSPS) is 10.3. The SMILES string of the molecule is C=CCNc1nccn1Cc1ccc(C)s1. The molecule has 0 aliphatic rings. The van der Waals surface area contributed by atoms with Crippen LogP contribution in [0.1, 0.15) is 9.75 Å². The second-order valence-corrected chi connectivity index (χ2v) is 4.93. The molecule has 2 aromatic rings. The Labute approximate surface area is 99.5 Å². The molecular weight excluding hydrogens is 218 g/mol. The summed E-state index contributed by atoms with van der Waals surface area (Å²) in [6, 6.07) is 4.31. The van der Waals surface area contributed by atoms with Crippen molar-refractivity contribution >= 4 is 17.3 Å². The average molecular weight is 233 g/mol. The van der Waals surface area contributed by atoms with Crippen LogP contribution in [0, 0.1) is 6.92 Å². The molecule has 2 rings (SSSR count). The molecule has 16 heavy (non-hydrogen) atoms. The molecule has 2 aromatic heterocycles. The van der Waals surface area contributed by atoms with Crippen molar-refractivity contribution in [1.82, 2.24) is 9.55 Å². The van der Waals surface area contributed by atoms with Crippen LogP contribution < -0.4 is 5.32 Å². The van der Waals surface area contributed by atoms with Gasteiger partial charge in [0.15, 0.2) is 0 Å². The first kappa shape index (κ1) is 11.0. The van der Waals surface area contributed by atoms with Gasteiger partial charge >= 0.3 is 0 Å². The lowest BCUT2D eigenvalue weighted by atomic mass is 10.4. The quantitative estimate of drug-likeness (QED) is 0.805. The van der Waals surface area contributed by atoms with Crippen molar-refractivity contribution in [3.05, 3.63) is 46.9 Å². The molecule has 4 heteroatoms. The third kappa shape index (κ3) is 2.52. The van der Waals surface area contributed by atoms with Gasteiger partial charge in [-0.2, -0.15) is 0 Å². The number of aromatic nitrogens is 2. The van der Waals surface area contributed by atoms with Gasteiger partial charge < -0.3 is 9.88 Å². The lowest BCUT2D eigenvalue weighted by molar-refractivity contribution is 0.814. The Morgan fingerprint density at radius 2 is 2.44 bits per heavy atom. The summed E-state index contributed by atoms with van der Waals surface area (Å²) in [5.41, 5.74) is 0. The first-order valence-corrected chi connectivity index (χ1v) is 6.02. The number of imidazole rings is 1. The summed E-state index contributed by atoms with van der Waals surface area (Å²) >= 11 is 1.82. The van der Waals surface area contributed by atoms with Gasteiger partial charge in [0.1, 0.15) is 0 Å². The number of hydrogen-bond donors (Lipinski definition) is 1. The van der Waals surface area contributed by atoms with Crippen molar-refractivity contribution < 1.29 is 0 Å². The molecule has 84 valence electrons. The fraction of sp³-hybridized carbons (Fsp3) is 0.250. The van der Waals surface area contributed by atoms with Crippen LogP contribution in [0.15, 0.2) is 37.2 Å². The second-order valence-electron chi connectivity index (χ2n) is 3.56. The Morgan fingerprint density at radius 3 is 3.12 bits per heavy atom. The van der Waals surface area contributed by atoms with Crippen LogP contribution in [-0.4, -0.2) is 16.1 Å². The van der Waals surface area contributed by atoms with E-state index >= 15 is 0 Å². The fourth-order valence-corrected chi connectivity index (χ4v) is 2.39. The number of anilines is 1. The van der Waals surface area contributed by atoms with E-state index in [0.717, 1.165) is 19.0 Å². The zero-order valence-corrected chi connectivity index (χ0v) is 10.1. The molecule has 0 aromatic carbocycles. The van der Waals surface area contributed by atoms with Crippen molar-refractivity contribution in [1.29, 1.82) is 0 Å². The van der Waals surface area contributed by atoms with Gasteiger partial charge in [0.25, 0.3) is 0 Å². The van der Waals surface area contributed by atoms with E-state index < -0.39 is 0 Å². The number of rotatable bonds is 5. The summed E-state index contributed by atoms with van der Waals surface area (Å²) in [5.74, 6) is 0.894. The summed E-state index contributed by atoms with van der Waals surface area (Å²) in [6.07, 6.45) is 5.63. The van der Waals surface area contributed by atoms with Gasteiger partial charge in [-0.15, -0.1) is 17.9 Å². The predicted molar refractivity (Wildman–Crippen MR) is 69.1 cm³/mol. The maximum Gasteiger partial charge on any atom is 0.203 e. The van der Waals surface area contributed by atoms with Crippen molar-refractivity contribution in [2.75, 3.05) is 11.9 Å². The molecule has 0 saturated heterocycles. The fourth-order valence-electron chi connectivity index (χ4n) is 1.51. The largest absolute Gasteiger partial charge is 0.352 e. The van der Waals surface area contributed by atoms with Gasteiger partial charge in [0.05, 0.1) is 6.54 Å². The Hall–Kier alpha value is -1.55. The van der Waals surface area contributed by atoms with E-state index in [1.54, 1.807) is 0 Å². The monoisotopic (exact) mass is 233 g/mol. The van der Waals surface area contributed by atoms with Crippen LogP contribution in [0.4, 0.5) is 5.95 Å². The van der Waals surface area contributed by atoms with Crippen molar-refractivity contribution in [3.8, 4) is 0 Å². The first-order chi connectivity index (χ1) is 7.79. The molecule has 0 saturated carbocycles. The van der Waals surface area contributed by atoms with E-state index in [0.29, 0.717) is 0 Å². The van der Waals surface area contributed by atoms with E-state index in [1.807, 2.05) is 29.8 Å². The highest BCUT2D eigenvalue weighted by atomic mass is 32.1. The van der Waals surface area contributed by atoms with Crippen LogP contribution in [-0.2, 0) is 6.54 Å². The third-order valence-electron chi connectivity index (χ3n) is 2.24. The van der Waals surface area contributed by atoms with Crippen LogP contribution in [0.25, 0.3) is 0 Å².